The lowest BCUT2D eigenvalue weighted by Gasteiger charge is -2.04. The van der Waals surface area contributed by atoms with Crippen LogP contribution in [0.3, 0.4) is 0 Å². The highest BCUT2D eigenvalue weighted by Crippen LogP contribution is 2.32. The van der Waals surface area contributed by atoms with Crippen LogP contribution in [0, 0.1) is 0 Å². The molecule has 0 saturated carbocycles. The fourth-order valence-electron chi connectivity index (χ4n) is 2.37. The van der Waals surface area contributed by atoms with Crippen molar-refractivity contribution in [1.29, 1.82) is 0 Å². The summed E-state index contributed by atoms with van der Waals surface area (Å²) in [5.74, 6) is -0.399. The molecule has 2 aromatic carbocycles. The number of hydrogen-bond acceptors (Lipinski definition) is 5. The number of carbonyl (C=O) groups excluding carboxylic acids is 1. The number of aromatic nitrogens is 1. The highest BCUT2D eigenvalue weighted by Gasteiger charge is 2.13. The molecule has 3 rings (SSSR count). The predicted octanol–water partition coefficient (Wildman–Crippen LogP) is 4.91. The van der Waals surface area contributed by atoms with Gasteiger partial charge >= 0.3 is 0 Å². The molecule has 9 heteroatoms. The van der Waals surface area contributed by atoms with E-state index in [-0.39, 0.29) is 11.7 Å². The van der Waals surface area contributed by atoms with Gasteiger partial charge in [-0.2, -0.15) is 0 Å². The zero-order valence-electron chi connectivity index (χ0n) is 14.1. The van der Waals surface area contributed by atoms with E-state index in [2.05, 4.69) is 10.3 Å². The first kappa shape index (κ1) is 19.8. The van der Waals surface area contributed by atoms with Crippen molar-refractivity contribution >= 4 is 55.4 Å². The van der Waals surface area contributed by atoms with E-state index >= 15 is 0 Å². The Labute approximate surface area is 170 Å². The van der Waals surface area contributed by atoms with E-state index in [9.17, 15) is 13.2 Å². The summed E-state index contributed by atoms with van der Waals surface area (Å²) in [4.78, 5) is 16.7. The lowest BCUT2D eigenvalue weighted by atomic mass is 10.1. The maximum absolute atomic E-state index is 12.4. The lowest BCUT2D eigenvalue weighted by molar-refractivity contribution is 0.102. The number of benzene rings is 2. The summed E-state index contributed by atoms with van der Waals surface area (Å²) in [6.07, 6.45) is 1.17. The summed E-state index contributed by atoms with van der Waals surface area (Å²) in [7, 11) is -3.12. The minimum absolute atomic E-state index is 0.0644. The molecule has 0 aliphatic rings. The number of halogens is 2. The second-order valence-electron chi connectivity index (χ2n) is 5.88. The highest BCUT2D eigenvalue weighted by atomic mass is 35.5. The number of sulfone groups is 1. The molecule has 0 bridgehead atoms. The monoisotopic (exact) mass is 440 g/mol. The molecule has 1 amide bonds. The summed E-state index contributed by atoms with van der Waals surface area (Å²) in [6, 6.07) is 11.5. The zero-order chi connectivity index (χ0) is 19.6. The van der Waals surface area contributed by atoms with E-state index in [1.54, 1.807) is 47.8 Å². The van der Waals surface area contributed by atoms with Crippen molar-refractivity contribution in [3.63, 3.8) is 0 Å². The number of carbonyl (C=O) groups is 1. The average molecular weight is 441 g/mol. The quantitative estimate of drug-likeness (QED) is 0.610. The van der Waals surface area contributed by atoms with Gasteiger partial charge < -0.3 is 0 Å². The summed E-state index contributed by atoms with van der Waals surface area (Å²) in [6.45, 7) is 0. The summed E-state index contributed by atoms with van der Waals surface area (Å²) in [5, 5.41) is 5.99. The second kappa shape index (κ2) is 7.98. The third-order valence-electron chi connectivity index (χ3n) is 3.57. The van der Waals surface area contributed by atoms with Crippen molar-refractivity contribution in [1.82, 2.24) is 4.98 Å². The Morgan fingerprint density at radius 1 is 1.15 bits per heavy atom. The van der Waals surface area contributed by atoms with Gasteiger partial charge in [0.25, 0.3) is 5.91 Å². The minimum Gasteiger partial charge on any atom is -0.298 e. The molecule has 27 heavy (non-hydrogen) atoms. The van der Waals surface area contributed by atoms with Gasteiger partial charge in [0.15, 0.2) is 15.0 Å². The topological polar surface area (TPSA) is 76.1 Å². The van der Waals surface area contributed by atoms with Crippen molar-refractivity contribution in [2.24, 2.45) is 0 Å². The van der Waals surface area contributed by atoms with Crippen LogP contribution in [-0.4, -0.2) is 25.6 Å². The first-order chi connectivity index (χ1) is 12.7. The van der Waals surface area contributed by atoms with Crippen LogP contribution < -0.4 is 5.32 Å². The SMILES string of the molecule is CS(=O)(=O)Cc1ccc(C(=O)Nc2nc(-c3cc(Cl)ccc3Cl)cs2)cc1. The minimum atomic E-state index is -3.12. The molecule has 140 valence electrons. The van der Waals surface area contributed by atoms with Crippen molar-refractivity contribution in [2.45, 2.75) is 5.75 Å². The van der Waals surface area contributed by atoms with Crippen LogP contribution in [0.5, 0.6) is 0 Å². The Morgan fingerprint density at radius 3 is 2.52 bits per heavy atom. The summed E-state index contributed by atoms with van der Waals surface area (Å²) >= 11 is 13.4. The van der Waals surface area contributed by atoms with Crippen LogP contribution >= 0.6 is 34.5 Å². The third-order valence-corrected chi connectivity index (χ3v) is 5.75. The molecular weight excluding hydrogens is 427 g/mol. The molecule has 0 radical (unpaired) electrons. The van der Waals surface area contributed by atoms with Gasteiger partial charge in [-0.1, -0.05) is 35.3 Å². The van der Waals surface area contributed by atoms with Gasteiger partial charge in [-0.25, -0.2) is 13.4 Å². The van der Waals surface area contributed by atoms with E-state index < -0.39 is 9.84 Å². The normalized spacial score (nSPS) is 11.4. The predicted molar refractivity (Wildman–Crippen MR) is 111 cm³/mol. The summed E-state index contributed by atoms with van der Waals surface area (Å²) < 4.78 is 22.6. The molecule has 0 fully saturated rings. The third kappa shape index (κ3) is 5.29. The molecule has 0 saturated heterocycles. The maximum atomic E-state index is 12.4. The Kier molecular flexibility index (Phi) is 5.86. The maximum Gasteiger partial charge on any atom is 0.257 e. The molecule has 1 heterocycles. The van der Waals surface area contributed by atoms with Crippen molar-refractivity contribution in [3.8, 4) is 11.3 Å². The van der Waals surface area contributed by atoms with Gasteiger partial charge in [-0.15, -0.1) is 11.3 Å². The van der Waals surface area contributed by atoms with Crippen molar-refractivity contribution < 1.29 is 13.2 Å². The molecular formula is C18H14Cl2N2O3S2. The van der Waals surface area contributed by atoms with Gasteiger partial charge in [-0.3, -0.25) is 10.1 Å². The van der Waals surface area contributed by atoms with Gasteiger partial charge in [0.05, 0.1) is 16.5 Å². The smallest absolute Gasteiger partial charge is 0.257 e. The average Bonchev–Trinajstić information content (AvgIpc) is 3.04. The van der Waals surface area contributed by atoms with Gasteiger partial charge in [0.1, 0.15) is 0 Å². The molecule has 0 aliphatic carbocycles. The van der Waals surface area contributed by atoms with Crippen molar-refractivity contribution in [2.75, 3.05) is 11.6 Å². The second-order valence-corrected chi connectivity index (χ2v) is 9.73. The number of nitrogens with one attached hydrogen (secondary N) is 1. The number of rotatable bonds is 5. The van der Waals surface area contributed by atoms with E-state index in [1.807, 2.05) is 0 Å². The van der Waals surface area contributed by atoms with Crippen molar-refractivity contribution in [3.05, 3.63) is 69.0 Å². The fraction of sp³-hybridized carbons (Fsp3) is 0.111. The van der Waals surface area contributed by atoms with Crippen LogP contribution in [-0.2, 0) is 15.6 Å². The molecule has 5 nitrogen and oxygen atoms in total. The van der Waals surface area contributed by atoms with Crippen LogP contribution in [0.25, 0.3) is 11.3 Å². The number of anilines is 1. The molecule has 0 spiro atoms. The van der Waals surface area contributed by atoms with Gasteiger partial charge in [0, 0.05) is 27.8 Å². The molecule has 0 aliphatic heterocycles. The van der Waals surface area contributed by atoms with E-state index in [4.69, 9.17) is 23.2 Å². The summed E-state index contributed by atoms with van der Waals surface area (Å²) in [5.41, 5.74) is 2.34. The molecule has 1 aromatic heterocycles. The van der Waals surface area contributed by atoms with E-state index in [0.717, 1.165) is 0 Å². The fourth-order valence-corrected chi connectivity index (χ4v) is 4.26. The number of nitrogens with zero attached hydrogens (tertiary/aromatic N) is 1. The Balaban J connectivity index is 1.73. The van der Waals surface area contributed by atoms with Crippen LogP contribution in [0.15, 0.2) is 47.8 Å². The van der Waals surface area contributed by atoms with Gasteiger partial charge in [0.2, 0.25) is 0 Å². The zero-order valence-corrected chi connectivity index (χ0v) is 17.2. The first-order valence-electron chi connectivity index (χ1n) is 7.70. The number of thiazole rings is 1. The van der Waals surface area contributed by atoms with Crippen LogP contribution in [0.2, 0.25) is 10.0 Å². The molecule has 0 atom stereocenters. The largest absolute Gasteiger partial charge is 0.298 e. The van der Waals surface area contributed by atoms with Crippen LogP contribution in [0.1, 0.15) is 15.9 Å². The Hall–Kier alpha value is -1.93. The van der Waals surface area contributed by atoms with Crippen LogP contribution in [0.4, 0.5) is 5.13 Å². The Bertz CT molecular complexity index is 1090. The standard InChI is InChI=1S/C18H14Cl2N2O3S2/c1-27(24,25)10-11-2-4-12(5-3-11)17(23)22-18-21-16(9-26-18)14-8-13(19)6-7-15(14)20/h2-9H,10H2,1H3,(H,21,22,23). The van der Waals surface area contributed by atoms with Gasteiger partial charge in [-0.05, 0) is 35.9 Å². The van der Waals surface area contributed by atoms with E-state index in [0.29, 0.717) is 37.6 Å². The molecule has 3 aromatic rings. The Morgan fingerprint density at radius 2 is 1.85 bits per heavy atom. The van der Waals surface area contributed by atoms with E-state index in [1.165, 1.54) is 17.6 Å². The molecule has 0 unspecified atom stereocenters. The number of hydrogen-bond donors (Lipinski definition) is 1. The lowest BCUT2D eigenvalue weighted by Crippen LogP contribution is -2.11. The first-order valence-corrected chi connectivity index (χ1v) is 11.4. The number of amides is 1. The highest BCUT2D eigenvalue weighted by molar-refractivity contribution is 7.89. The molecule has 1 N–H and O–H groups in total.